The first-order valence-electron chi connectivity index (χ1n) is 10.3. The van der Waals surface area contributed by atoms with Crippen LogP contribution < -0.4 is 5.32 Å². The number of rotatable bonds is 3. The fourth-order valence-electron chi connectivity index (χ4n) is 4.97. The lowest BCUT2D eigenvalue weighted by Crippen LogP contribution is -2.39. The largest absolute Gasteiger partial charge is 0.381 e. The third-order valence-electron chi connectivity index (χ3n) is 6.71. The summed E-state index contributed by atoms with van der Waals surface area (Å²) >= 11 is 1.51. The number of ether oxygens (including phenoxy) is 1. The highest BCUT2D eigenvalue weighted by Gasteiger charge is 2.51. The minimum absolute atomic E-state index is 0.0422. The Balaban J connectivity index is 1.27. The van der Waals surface area contributed by atoms with Crippen LogP contribution in [0.3, 0.4) is 0 Å². The molecule has 1 aliphatic carbocycles. The van der Waals surface area contributed by atoms with Crippen LogP contribution in [0.15, 0.2) is 30.3 Å². The van der Waals surface area contributed by atoms with Crippen molar-refractivity contribution in [3.05, 3.63) is 40.9 Å². The molecule has 0 unspecified atom stereocenters. The van der Waals surface area contributed by atoms with Crippen molar-refractivity contribution in [3.63, 3.8) is 0 Å². The summed E-state index contributed by atoms with van der Waals surface area (Å²) in [7, 11) is 0. The van der Waals surface area contributed by atoms with Crippen molar-refractivity contribution in [1.82, 2.24) is 15.1 Å². The molecule has 28 heavy (non-hydrogen) atoms. The van der Waals surface area contributed by atoms with Gasteiger partial charge < -0.3 is 9.64 Å². The first-order valence-corrected chi connectivity index (χ1v) is 11.1. The maximum Gasteiger partial charge on any atom is 0.323 e. The molecule has 5 rings (SSSR count). The van der Waals surface area contributed by atoms with Gasteiger partial charge in [0.2, 0.25) is 5.13 Å². The fraction of sp³-hybridized carbons (Fsp3) is 0.571. The predicted octanol–water partition coefficient (Wildman–Crippen LogP) is 4.23. The lowest BCUT2D eigenvalue weighted by Gasteiger charge is -2.42. The molecule has 6 nitrogen and oxygen atoms in total. The minimum Gasteiger partial charge on any atom is -0.381 e. The van der Waals surface area contributed by atoms with Gasteiger partial charge in [-0.2, -0.15) is 0 Å². The number of likely N-dealkylation sites (tertiary alicyclic amines) is 1. The van der Waals surface area contributed by atoms with Gasteiger partial charge >= 0.3 is 6.03 Å². The maximum absolute atomic E-state index is 12.9. The molecule has 2 aromatic rings. The van der Waals surface area contributed by atoms with Crippen molar-refractivity contribution in [2.45, 2.75) is 43.9 Å². The number of nitrogens with zero attached hydrogens (tertiary/aromatic N) is 3. The summed E-state index contributed by atoms with van der Waals surface area (Å²) in [6, 6.07) is 10.6. The van der Waals surface area contributed by atoms with Crippen molar-refractivity contribution in [2.24, 2.45) is 5.41 Å². The zero-order valence-electron chi connectivity index (χ0n) is 16.0. The van der Waals surface area contributed by atoms with E-state index in [4.69, 9.17) is 4.74 Å². The number of benzene rings is 1. The monoisotopic (exact) mass is 398 g/mol. The van der Waals surface area contributed by atoms with Gasteiger partial charge in [-0.1, -0.05) is 48.1 Å². The van der Waals surface area contributed by atoms with E-state index in [2.05, 4.69) is 45.8 Å². The zero-order valence-corrected chi connectivity index (χ0v) is 16.8. The number of anilines is 1. The van der Waals surface area contributed by atoms with E-state index in [-0.39, 0.29) is 11.4 Å². The average molecular weight is 399 g/mol. The van der Waals surface area contributed by atoms with Crippen LogP contribution >= 0.6 is 11.3 Å². The molecule has 3 fully saturated rings. The molecule has 1 aromatic heterocycles. The van der Waals surface area contributed by atoms with E-state index >= 15 is 0 Å². The van der Waals surface area contributed by atoms with Crippen molar-refractivity contribution in [2.75, 3.05) is 31.6 Å². The Labute approximate surface area is 169 Å². The summed E-state index contributed by atoms with van der Waals surface area (Å²) in [5.74, 6) is 0.838. The normalized spacial score (nSPS) is 24.3. The summed E-state index contributed by atoms with van der Waals surface area (Å²) in [5, 5.41) is 13.2. The highest BCUT2D eigenvalue weighted by molar-refractivity contribution is 7.15. The van der Waals surface area contributed by atoms with E-state index in [1.54, 1.807) is 0 Å². The van der Waals surface area contributed by atoms with Gasteiger partial charge in [-0.25, -0.2) is 4.79 Å². The molecule has 2 saturated heterocycles. The summed E-state index contributed by atoms with van der Waals surface area (Å²) in [6.07, 6.45) is 5.65. The molecule has 148 valence electrons. The highest BCUT2D eigenvalue weighted by atomic mass is 32.1. The lowest BCUT2D eigenvalue weighted by atomic mass is 9.61. The van der Waals surface area contributed by atoms with Crippen LogP contribution in [0.4, 0.5) is 9.93 Å². The number of hydrogen-bond donors (Lipinski definition) is 1. The number of aromatic nitrogens is 2. The van der Waals surface area contributed by atoms with Crippen LogP contribution in [0.25, 0.3) is 0 Å². The molecule has 3 heterocycles. The van der Waals surface area contributed by atoms with Gasteiger partial charge in [0.15, 0.2) is 0 Å². The van der Waals surface area contributed by atoms with E-state index in [1.807, 2.05) is 4.90 Å². The van der Waals surface area contributed by atoms with E-state index in [1.165, 1.54) is 36.2 Å². The maximum atomic E-state index is 12.9. The standard InChI is InChI=1S/C21H26N4O2S/c26-20(22-19-24-23-18(28-19)16-7-11-27-12-8-16)25-13-17(15-5-2-1-3-6-15)21(14-25)9-4-10-21/h1-3,5-6,16-17H,4,7-14H2,(H,22,24,26)/t17-/m1/s1. The first kappa shape index (κ1) is 18.1. The van der Waals surface area contributed by atoms with Crippen molar-refractivity contribution in [1.29, 1.82) is 0 Å². The van der Waals surface area contributed by atoms with Crippen molar-refractivity contribution < 1.29 is 9.53 Å². The van der Waals surface area contributed by atoms with Crippen LogP contribution in [0.2, 0.25) is 0 Å². The molecule has 1 atom stereocenters. The van der Waals surface area contributed by atoms with Crippen LogP contribution in [0.1, 0.15) is 54.5 Å². The van der Waals surface area contributed by atoms with Gasteiger partial charge in [-0.15, -0.1) is 10.2 Å². The van der Waals surface area contributed by atoms with E-state index in [0.29, 0.717) is 17.0 Å². The first-order chi connectivity index (χ1) is 13.7. The fourth-order valence-corrected chi connectivity index (χ4v) is 5.87. The molecule has 0 radical (unpaired) electrons. The van der Waals surface area contributed by atoms with Gasteiger partial charge in [0.25, 0.3) is 0 Å². The topological polar surface area (TPSA) is 67.3 Å². The van der Waals surface area contributed by atoms with Gasteiger partial charge in [0.05, 0.1) is 0 Å². The molecule has 2 amide bonds. The van der Waals surface area contributed by atoms with Crippen LogP contribution in [-0.2, 0) is 4.74 Å². The molecular formula is C21H26N4O2S. The Hall–Kier alpha value is -1.99. The lowest BCUT2D eigenvalue weighted by molar-refractivity contribution is 0.0851. The Morgan fingerprint density at radius 3 is 2.68 bits per heavy atom. The molecule has 7 heteroatoms. The third-order valence-corrected chi connectivity index (χ3v) is 7.71. The number of carbonyl (C=O) groups excluding carboxylic acids is 1. The van der Waals surface area contributed by atoms with Gasteiger partial charge in [0, 0.05) is 38.1 Å². The number of hydrogen-bond acceptors (Lipinski definition) is 5. The van der Waals surface area contributed by atoms with Crippen molar-refractivity contribution >= 4 is 22.5 Å². The van der Waals surface area contributed by atoms with Gasteiger partial charge in [-0.3, -0.25) is 5.32 Å². The molecule has 2 aliphatic heterocycles. The second kappa shape index (κ2) is 7.44. The predicted molar refractivity (Wildman–Crippen MR) is 109 cm³/mol. The van der Waals surface area contributed by atoms with E-state index in [9.17, 15) is 4.79 Å². The SMILES string of the molecule is O=C(Nc1nnc(C2CCOCC2)s1)N1C[C@H](c2ccccc2)C2(CCC2)C1. The molecule has 1 spiro atoms. The third kappa shape index (κ3) is 3.31. The Morgan fingerprint density at radius 2 is 1.96 bits per heavy atom. The highest BCUT2D eigenvalue weighted by Crippen LogP contribution is 2.55. The summed E-state index contributed by atoms with van der Waals surface area (Å²) in [4.78, 5) is 14.9. The number of urea groups is 1. The minimum atomic E-state index is -0.0422. The molecule has 1 saturated carbocycles. The molecule has 0 bridgehead atoms. The molecule has 3 aliphatic rings. The van der Waals surface area contributed by atoms with Gasteiger partial charge in [0.1, 0.15) is 5.01 Å². The summed E-state index contributed by atoms with van der Waals surface area (Å²) in [6.45, 7) is 3.18. The van der Waals surface area contributed by atoms with Crippen LogP contribution in [-0.4, -0.2) is 47.4 Å². The molecular weight excluding hydrogens is 372 g/mol. The second-order valence-corrected chi connectivity index (χ2v) is 9.33. The van der Waals surface area contributed by atoms with Gasteiger partial charge in [-0.05, 0) is 36.7 Å². The number of nitrogens with one attached hydrogen (secondary N) is 1. The number of carbonyl (C=O) groups is 1. The average Bonchev–Trinajstić information content (AvgIpc) is 3.34. The second-order valence-electron chi connectivity index (χ2n) is 8.32. The van der Waals surface area contributed by atoms with E-state index < -0.39 is 0 Å². The zero-order chi connectivity index (χ0) is 19.0. The number of amides is 2. The van der Waals surface area contributed by atoms with Crippen LogP contribution in [0, 0.1) is 5.41 Å². The molecule has 1 N–H and O–H groups in total. The quantitative estimate of drug-likeness (QED) is 0.840. The summed E-state index contributed by atoms with van der Waals surface area (Å²) < 4.78 is 5.42. The smallest absolute Gasteiger partial charge is 0.323 e. The molecule has 1 aromatic carbocycles. The Bertz CT molecular complexity index is 830. The van der Waals surface area contributed by atoms with E-state index in [0.717, 1.165) is 44.2 Å². The Kier molecular flexibility index (Phi) is 4.80. The van der Waals surface area contributed by atoms with Crippen molar-refractivity contribution in [3.8, 4) is 0 Å². The Morgan fingerprint density at radius 1 is 1.18 bits per heavy atom. The summed E-state index contributed by atoms with van der Waals surface area (Å²) in [5.41, 5.74) is 1.61. The van der Waals surface area contributed by atoms with Crippen LogP contribution in [0.5, 0.6) is 0 Å².